The number of carbonyl (C=O) groups is 2. The summed E-state index contributed by atoms with van der Waals surface area (Å²) in [6, 6.07) is 4.59. The Kier molecular flexibility index (Phi) is 5.44. The van der Waals surface area contributed by atoms with E-state index in [0.717, 1.165) is 0 Å². The minimum absolute atomic E-state index is 0.0200. The number of hydrogen-bond acceptors (Lipinski definition) is 4. The van der Waals surface area contributed by atoms with Gasteiger partial charge in [0.2, 0.25) is 0 Å². The zero-order chi connectivity index (χ0) is 17.0. The van der Waals surface area contributed by atoms with Crippen molar-refractivity contribution in [2.45, 2.75) is 33.0 Å². The predicted molar refractivity (Wildman–Crippen MR) is 86.7 cm³/mol. The van der Waals surface area contributed by atoms with Crippen LogP contribution in [-0.2, 0) is 4.74 Å². The Bertz CT molecular complexity index is 589. The summed E-state index contributed by atoms with van der Waals surface area (Å²) in [6.07, 6.45) is -0.0919. The number of nitrogens with two attached hydrogens (primary N) is 1. The Balaban J connectivity index is 2.13. The normalized spacial score (nSPS) is 17.9. The van der Waals surface area contributed by atoms with E-state index in [4.69, 9.17) is 15.2 Å². The molecule has 1 unspecified atom stereocenters. The van der Waals surface area contributed by atoms with Gasteiger partial charge < -0.3 is 25.4 Å². The first-order valence-electron chi connectivity index (χ1n) is 7.65. The average Bonchev–Trinajstić information content (AvgIpc) is 2.46. The smallest absolute Gasteiger partial charge is 0.322 e. The van der Waals surface area contributed by atoms with Crippen molar-refractivity contribution in [2.75, 3.05) is 25.0 Å². The van der Waals surface area contributed by atoms with E-state index in [0.29, 0.717) is 31.1 Å². The maximum absolute atomic E-state index is 12.3. The number of morpholine rings is 1. The number of ether oxygens (including phenoxy) is 2. The molecule has 7 nitrogen and oxygen atoms in total. The molecule has 0 bridgehead atoms. The molecule has 3 amide bonds. The highest BCUT2D eigenvalue weighted by atomic mass is 16.5. The van der Waals surface area contributed by atoms with Crippen LogP contribution in [0.3, 0.4) is 0 Å². The van der Waals surface area contributed by atoms with Crippen LogP contribution in [0.4, 0.5) is 10.5 Å². The first kappa shape index (κ1) is 17.1. The van der Waals surface area contributed by atoms with Crippen molar-refractivity contribution in [1.82, 2.24) is 4.90 Å². The van der Waals surface area contributed by atoms with Gasteiger partial charge in [-0.15, -0.1) is 0 Å². The molecule has 1 aliphatic heterocycles. The van der Waals surface area contributed by atoms with Crippen molar-refractivity contribution in [1.29, 1.82) is 0 Å². The van der Waals surface area contributed by atoms with Gasteiger partial charge in [0.15, 0.2) is 0 Å². The number of benzene rings is 1. The molecule has 2 rings (SSSR count). The summed E-state index contributed by atoms with van der Waals surface area (Å²) in [4.78, 5) is 25.4. The molecule has 0 spiro atoms. The number of primary amides is 1. The lowest BCUT2D eigenvalue weighted by Crippen LogP contribution is -2.46. The Morgan fingerprint density at radius 1 is 1.43 bits per heavy atom. The second-order valence-corrected chi connectivity index (χ2v) is 5.80. The number of nitrogens with one attached hydrogen (secondary N) is 1. The number of amides is 3. The Morgan fingerprint density at radius 3 is 2.78 bits per heavy atom. The van der Waals surface area contributed by atoms with Gasteiger partial charge in [-0.3, -0.25) is 4.79 Å². The highest BCUT2D eigenvalue weighted by Gasteiger charge is 2.22. The fourth-order valence-corrected chi connectivity index (χ4v) is 2.36. The second kappa shape index (κ2) is 7.32. The molecule has 1 saturated heterocycles. The summed E-state index contributed by atoms with van der Waals surface area (Å²) in [5, 5.41) is 2.81. The maximum Gasteiger partial charge on any atom is 0.322 e. The molecule has 0 aliphatic carbocycles. The van der Waals surface area contributed by atoms with Gasteiger partial charge in [-0.1, -0.05) is 0 Å². The topological polar surface area (TPSA) is 93.9 Å². The van der Waals surface area contributed by atoms with Crippen LogP contribution in [0.2, 0.25) is 0 Å². The Morgan fingerprint density at radius 2 is 2.17 bits per heavy atom. The van der Waals surface area contributed by atoms with Crippen LogP contribution in [0.1, 0.15) is 31.1 Å². The molecule has 126 valence electrons. The summed E-state index contributed by atoms with van der Waals surface area (Å²) in [6.45, 7) is 7.24. The van der Waals surface area contributed by atoms with Crippen LogP contribution in [0, 0.1) is 0 Å². The van der Waals surface area contributed by atoms with E-state index in [-0.39, 0.29) is 23.8 Å². The summed E-state index contributed by atoms with van der Waals surface area (Å²) < 4.78 is 11.0. The van der Waals surface area contributed by atoms with Crippen molar-refractivity contribution < 1.29 is 19.1 Å². The van der Waals surface area contributed by atoms with Crippen LogP contribution in [0.5, 0.6) is 5.75 Å². The summed E-state index contributed by atoms with van der Waals surface area (Å²) in [5.41, 5.74) is 6.18. The first-order chi connectivity index (χ1) is 10.9. The number of rotatable bonds is 4. The predicted octanol–water partition coefficient (Wildman–Crippen LogP) is 1.83. The highest BCUT2D eigenvalue weighted by molar-refractivity contribution is 5.97. The van der Waals surface area contributed by atoms with Crippen LogP contribution in [-0.4, -0.2) is 48.7 Å². The molecule has 1 fully saturated rings. The van der Waals surface area contributed by atoms with Crippen LogP contribution in [0.25, 0.3) is 0 Å². The lowest BCUT2D eigenvalue weighted by molar-refractivity contribution is -0.00138. The van der Waals surface area contributed by atoms with Crippen LogP contribution in [0.15, 0.2) is 18.2 Å². The van der Waals surface area contributed by atoms with Crippen molar-refractivity contribution in [3.8, 4) is 5.75 Å². The maximum atomic E-state index is 12.3. The standard InChI is InChI=1S/C16H23N3O4/c1-10(2)23-14-8-12(4-5-13(14)15(17)20)18-16(21)19-6-7-22-11(3)9-19/h4-5,8,10-11H,6-7,9H2,1-3H3,(H2,17,20)(H,18,21). The van der Waals surface area contributed by atoms with Gasteiger partial charge in [0.25, 0.3) is 5.91 Å². The van der Waals surface area contributed by atoms with Crippen LogP contribution < -0.4 is 15.8 Å². The molecule has 0 radical (unpaired) electrons. The SMILES string of the molecule is CC(C)Oc1cc(NC(=O)N2CCOC(C)C2)ccc1C(N)=O. The fourth-order valence-electron chi connectivity index (χ4n) is 2.36. The Labute approximate surface area is 135 Å². The minimum Gasteiger partial charge on any atom is -0.490 e. The molecule has 0 saturated carbocycles. The number of anilines is 1. The monoisotopic (exact) mass is 321 g/mol. The van der Waals surface area contributed by atoms with Gasteiger partial charge in [-0.25, -0.2) is 4.79 Å². The van der Waals surface area contributed by atoms with Crippen molar-refractivity contribution >= 4 is 17.6 Å². The van der Waals surface area contributed by atoms with Crippen LogP contribution >= 0.6 is 0 Å². The molecule has 1 atom stereocenters. The molecular weight excluding hydrogens is 298 g/mol. The molecule has 23 heavy (non-hydrogen) atoms. The van der Waals surface area contributed by atoms with Gasteiger partial charge in [-0.05, 0) is 32.9 Å². The molecule has 1 aromatic carbocycles. The van der Waals surface area contributed by atoms with Gasteiger partial charge in [0.1, 0.15) is 5.75 Å². The lowest BCUT2D eigenvalue weighted by atomic mass is 10.1. The fraction of sp³-hybridized carbons (Fsp3) is 0.500. The van der Waals surface area contributed by atoms with Crippen molar-refractivity contribution in [3.05, 3.63) is 23.8 Å². The minimum atomic E-state index is -0.569. The van der Waals surface area contributed by atoms with Gasteiger partial charge in [-0.2, -0.15) is 0 Å². The zero-order valence-corrected chi connectivity index (χ0v) is 13.7. The van der Waals surface area contributed by atoms with Gasteiger partial charge in [0, 0.05) is 24.8 Å². The van der Waals surface area contributed by atoms with E-state index in [1.54, 1.807) is 23.1 Å². The quantitative estimate of drug-likeness (QED) is 0.884. The molecular formula is C16H23N3O4. The van der Waals surface area contributed by atoms with Crippen molar-refractivity contribution in [2.24, 2.45) is 5.73 Å². The van der Waals surface area contributed by atoms with Gasteiger partial charge >= 0.3 is 6.03 Å². The summed E-state index contributed by atoms with van der Waals surface area (Å²) >= 11 is 0. The third-order valence-corrected chi connectivity index (χ3v) is 3.39. The molecule has 3 N–H and O–H groups in total. The van der Waals surface area contributed by atoms with E-state index in [2.05, 4.69) is 5.32 Å². The lowest BCUT2D eigenvalue weighted by Gasteiger charge is -2.31. The first-order valence-corrected chi connectivity index (χ1v) is 7.65. The molecule has 7 heteroatoms. The zero-order valence-electron chi connectivity index (χ0n) is 13.7. The summed E-state index contributed by atoms with van der Waals surface area (Å²) in [7, 11) is 0. The third kappa shape index (κ3) is 4.59. The molecule has 1 aliphatic rings. The number of carbonyl (C=O) groups excluding carboxylic acids is 2. The number of nitrogens with zero attached hydrogens (tertiary/aromatic N) is 1. The molecule has 1 heterocycles. The summed E-state index contributed by atoms with van der Waals surface area (Å²) in [5.74, 6) is -0.207. The average molecular weight is 321 g/mol. The Hall–Kier alpha value is -2.28. The highest BCUT2D eigenvalue weighted by Crippen LogP contribution is 2.24. The molecule has 0 aromatic heterocycles. The third-order valence-electron chi connectivity index (χ3n) is 3.39. The van der Waals surface area contributed by atoms with E-state index >= 15 is 0 Å². The van der Waals surface area contributed by atoms with Gasteiger partial charge in [0.05, 0.1) is 24.4 Å². The van der Waals surface area contributed by atoms with E-state index < -0.39 is 5.91 Å². The number of urea groups is 1. The van der Waals surface area contributed by atoms with E-state index in [1.165, 1.54) is 0 Å². The van der Waals surface area contributed by atoms with Crippen molar-refractivity contribution in [3.63, 3.8) is 0 Å². The number of hydrogen-bond donors (Lipinski definition) is 2. The van der Waals surface area contributed by atoms with E-state index in [9.17, 15) is 9.59 Å². The largest absolute Gasteiger partial charge is 0.490 e. The molecule has 1 aromatic rings. The second-order valence-electron chi connectivity index (χ2n) is 5.80. The van der Waals surface area contributed by atoms with E-state index in [1.807, 2.05) is 20.8 Å².